The van der Waals surface area contributed by atoms with Crippen molar-refractivity contribution in [3.63, 3.8) is 0 Å². The van der Waals surface area contributed by atoms with Gasteiger partial charge in [-0.1, -0.05) is 24.3 Å². The van der Waals surface area contributed by atoms with Crippen LogP contribution in [-0.2, 0) is 6.42 Å². The molecule has 1 aliphatic carbocycles. The van der Waals surface area contributed by atoms with Crippen LogP contribution in [0.15, 0.2) is 36.4 Å². The number of nitrogens with one attached hydrogen (secondary N) is 1. The van der Waals surface area contributed by atoms with E-state index in [0.29, 0.717) is 12.1 Å². The molecule has 1 N–H and O–H groups in total. The summed E-state index contributed by atoms with van der Waals surface area (Å²) in [5, 5.41) is 3.74. The van der Waals surface area contributed by atoms with Gasteiger partial charge in [0.05, 0.1) is 7.11 Å². The monoisotopic (exact) mass is 259 g/mol. The van der Waals surface area contributed by atoms with Crippen LogP contribution in [0, 0.1) is 0 Å². The molecule has 1 aliphatic rings. The first-order chi connectivity index (χ1) is 9.28. The summed E-state index contributed by atoms with van der Waals surface area (Å²) in [5.41, 5.74) is 1.39. The molecule has 0 saturated heterocycles. The lowest BCUT2D eigenvalue weighted by Gasteiger charge is -2.24. The molecule has 1 aromatic rings. The SMILES string of the molecule is COc1ccc(CCC(C)NC2CC=CCC2)cc1. The van der Waals surface area contributed by atoms with Gasteiger partial charge in [0.15, 0.2) is 0 Å². The number of allylic oxidation sites excluding steroid dienone is 1. The van der Waals surface area contributed by atoms with Gasteiger partial charge in [-0.3, -0.25) is 0 Å². The van der Waals surface area contributed by atoms with Crippen LogP contribution in [0.4, 0.5) is 0 Å². The quantitative estimate of drug-likeness (QED) is 0.786. The number of aryl methyl sites for hydroxylation is 1. The number of hydrogen-bond acceptors (Lipinski definition) is 2. The molecule has 19 heavy (non-hydrogen) atoms. The van der Waals surface area contributed by atoms with Gasteiger partial charge < -0.3 is 10.1 Å². The van der Waals surface area contributed by atoms with Gasteiger partial charge in [-0.15, -0.1) is 0 Å². The Morgan fingerprint density at radius 3 is 2.68 bits per heavy atom. The lowest BCUT2D eigenvalue weighted by molar-refractivity contribution is 0.403. The molecule has 2 heteroatoms. The molecular weight excluding hydrogens is 234 g/mol. The van der Waals surface area contributed by atoms with Gasteiger partial charge in [0.2, 0.25) is 0 Å². The summed E-state index contributed by atoms with van der Waals surface area (Å²) >= 11 is 0. The average Bonchev–Trinajstić information content (AvgIpc) is 2.47. The van der Waals surface area contributed by atoms with Crippen LogP contribution >= 0.6 is 0 Å². The van der Waals surface area contributed by atoms with Crippen molar-refractivity contribution in [3.8, 4) is 5.75 Å². The third kappa shape index (κ3) is 4.71. The predicted octanol–water partition coefficient (Wildman–Crippen LogP) is 3.71. The molecule has 1 aromatic carbocycles. The van der Waals surface area contributed by atoms with Crippen LogP contribution in [0.2, 0.25) is 0 Å². The summed E-state index contributed by atoms with van der Waals surface area (Å²) < 4.78 is 5.18. The fourth-order valence-corrected chi connectivity index (χ4v) is 2.61. The van der Waals surface area contributed by atoms with Crippen molar-refractivity contribution in [2.75, 3.05) is 7.11 Å². The van der Waals surface area contributed by atoms with Gasteiger partial charge in [-0.05, 0) is 56.7 Å². The number of rotatable bonds is 6. The molecule has 2 rings (SSSR count). The smallest absolute Gasteiger partial charge is 0.118 e. The van der Waals surface area contributed by atoms with Crippen molar-refractivity contribution in [3.05, 3.63) is 42.0 Å². The van der Waals surface area contributed by atoms with E-state index in [4.69, 9.17) is 4.74 Å². The van der Waals surface area contributed by atoms with Crippen LogP contribution in [-0.4, -0.2) is 19.2 Å². The van der Waals surface area contributed by atoms with Crippen molar-refractivity contribution in [2.24, 2.45) is 0 Å². The average molecular weight is 259 g/mol. The fraction of sp³-hybridized carbons (Fsp3) is 0.529. The third-order valence-corrected chi connectivity index (χ3v) is 3.81. The zero-order valence-electron chi connectivity index (χ0n) is 12.1. The van der Waals surface area contributed by atoms with Crippen LogP contribution in [0.1, 0.15) is 38.2 Å². The number of benzene rings is 1. The number of ether oxygens (including phenoxy) is 1. The number of hydrogen-bond donors (Lipinski definition) is 1. The van der Waals surface area contributed by atoms with Crippen LogP contribution in [0.5, 0.6) is 5.75 Å². The third-order valence-electron chi connectivity index (χ3n) is 3.81. The summed E-state index contributed by atoms with van der Waals surface area (Å²) in [6, 6.07) is 9.66. The van der Waals surface area contributed by atoms with Gasteiger partial charge in [0.25, 0.3) is 0 Å². The summed E-state index contributed by atoms with van der Waals surface area (Å²) in [5.74, 6) is 0.934. The van der Waals surface area contributed by atoms with E-state index in [1.165, 1.54) is 31.2 Å². The molecule has 0 amide bonds. The van der Waals surface area contributed by atoms with Gasteiger partial charge in [0, 0.05) is 12.1 Å². The van der Waals surface area contributed by atoms with Crippen molar-refractivity contribution in [1.82, 2.24) is 5.32 Å². The normalized spacial score (nSPS) is 20.2. The van der Waals surface area contributed by atoms with E-state index in [9.17, 15) is 0 Å². The highest BCUT2D eigenvalue weighted by atomic mass is 16.5. The molecule has 2 unspecified atom stereocenters. The Balaban J connectivity index is 1.72. The standard InChI is InChI=1S/C17H25NO/c1-14(18-16-6-4-3-5-7-16)8-9-15-10-12-17(19-2)13-11-15/h3-4,10-14,16,18H,5-9H2,1-2H3. The van der Waals surface area contributed by atoms with Gasteiger partial charge in [0.1, 0.15) is 5.75 Å². The van der Waals surface area contributed by atoms with E-state index >= 15 is 0 Å². The highest BCUT2D eigenvalue weighted by Gasteiger charge is 2.12. The molecule has 0 radical (unpaired) electrons. The lowest BCUT2D eigenvalue weighted by atomic mass is 9.99. The summed E-state index contributed by atoms with van der Waals surface area (Å²) in [4.78, 5) is 0. The van der Waals surface area contributed by atoms with Crippen LogP contribution < -0.4 is 10.1 Å². The Hall–Kier alpha value is -1.28. The molecule has 0 fully saturated rings. The minimum Gasteiger partial charge on any atom is -0.497 e. The minimum atomic E-state index is 0.582. The first-order valence-electron chi connectivity index (χ1n) is 7.32. The zero-order valence-corrected chi connectivity index (χ0v) is 12.1. The summed E-state index contributed by atoms with van der Waals surface area (Å²) in [6.45, 7) is 2.29. The highest BCUT2D eigenvalue weighted by Crippen LogP contribution is 2.15. The molecule has 104 valence electrons. The Kier molecular flexibility index (Phi) is 5.46. The van der Waals surface area contributed by atoms with Crippen molar-refractivity contribution in [2.45, 2.75) is 51.1 Å². The molecule has 0 spiro atoms. The minimum absolute atomic E-state index is 0.582. The van der Waals surface area contributed by atoms with Crippen molar-refractivity contribution < 1.29 is 4.74 Å². The van der Waals surface area contributed by atoms with Crippen LogP contribution in [0.3, 0.4) is 0 Å². The molecule has 2 nitrogen and oxygen atoms in total. The highest BCUT2D eigenvalue weighted by molar-refractivity contribution is 5.27. The van der Waals surface area contributed by atoms with E-state index in [1.54, 1.807) is 7.11 Å². The Bertz CT molecular complexity index is 396. The maximum absolute atomic E-state index is 5.18. The van der Waals surface area contributed by atoms with E-state index in [2.05, 4.69) is 36.5 Å². The van der Waals surface area contributed by atoms with Gasteiger partial charge in [-0.25, -0.2) is 0 Å². The second-order valence-electron chi connectivity index (χ2n) is 5.44. The summed E-state index contributed by atoms with van der Waals surface area (Å²) in [6.07, 6.45) is 10.6. The predicted molar refractivity (Wildman–Crippen MR) is 80.7 cm³/mol. The maximum atomic E-state index is 5.18. The molecular formula is C17H25NO. The molecule has 0 saturated carbocycles. The second kappa shape index (κ2) is 7.34. The Morgan fingerprint density at radius 2 is 2.05 bits per heavy atom. The van der Waals surface area contributed by atoms with E-state index in [1.807, 2.05) is 12.1 Å². The van der Waals surface area contributed by atoms with Crippen LogP contribution in [0.25, 0.3) is 0 Å². The number of methoxy groups -OCH3 is 1. The fourth-order valence-electron chi connectivity index (χ4n) is 2.61. The van der Waals surface area contributed by atoms with E-state index in [0.717, 1.165) is 12.2 Å². The topological polar surface area (TPSA) is 21.3 Å². The molecule has 0 bridgehead atoms. The maximum Gasteiger partial charge on any atom is 0.118 e. The summed E-state index contributed by atoms with van der Waals surface area (Å²) in [7, 11) is 1.71. The molecule has 0 heterocycles. The molecule has 0 aromatic heterocycles. The lowest BCUT2D eigenvalue weighted by Crippen LogP contribution is -2.37. The van der Waals surface area contributed by atoms with Crippen molar-refractivity contribution in [1.29, 1.82) is 0 Å². The second-order valence-corrected chi connectivity index (χ2v) is 5.44. The molecule has 0 aliphatic heterocycles. The zero-order chi connectivity index (χ0) is 13.5. The van der Waals surface area contributed by atoms with E-state index < -0.39 is 0 Å². The van der Waals surface area contributed by atoms with Crippen molar-refractivity contribution >= 4 is 0 Å². The molecule has 2 atom stereocenters. The first-order valence-corrected chi connectivity index (χ1v) is 7.32. The first kappa shape index (κ1) is 14.1. The van der Waals surface area contributed by atoms with E-state index in [-0.39, 0.29) is 0 Å². The Labute approximate surface area is 116 Å². The van der Waals surface area contributed by atoms with Gasteiger partial charge >= 0.3 is 0 Å². The Morgan fingerprint density at radius 1 is 1.26 bits per heavy atom. The van der Waals surface area contributed by atoms with Gasteiger partial charge in [-0.2, -0.15) is 0 Å². The largest absolute Gasteiger partial charge is 0.497 e.